The van der Waals surface area contributed by atoms with Gasteiger partial charge in [0.15, 0.2) is 5.16 Å². The van der Waals surface area contributed by atoms with Crippen LogP contribution in [0.4, 0.5) is 0 Å². The second-order valence-electron chi connectivity index (χ2n) is 6.46. The molecule has 0 saturated carbocycles. The zero-order valence-corrected chi connectivity index (χ0v) is 18.2. The molecule has 0 radical (unpaired) electrons. The fraction of sp³-hybridized carbons (Fsp3) is 0.273. The van der Waals surface area contributed by atoms with Gasteiger partial charge in [-0.25, -0.2) is 4.98 Å². The van der Waals surface area contributed by atoms with E-state index in [0.717, 1.165) is 22.2 Å². The van der Waals surface area contributed by atoms with Crippen molar-refractivity contribution in [1.82, 2.24) is 14.9 Å². The second kappa shape index (κ2) is 10.1. The molecule has 3 rings (SSSR count). The molecule has 8 heteroatoms. The number of rotatable bonds is 9. The van der Waals surface area contributed by atoms with Crippen LogP contribution in [-0.2, 0) is 4.79 Å². The standard InChI is InChI=1S/C22H25N3O4S/c1-15(19-13-18(28-3)9-10-20(19)29-4)24-21(26)14-30-22-23-11-12-25(22)16-5-7-17(27-2)8-6-16/h5-13,15H,14H2,1-4H3,(H,24,26). The van der Waals surface area contributed by atoms with E-state index in [2.05, 4.69) is 10.3 Å². The molecular formula is C22H25N3O4S. The molecule has 7 nitrogen and oxygen atoms in total. The highest BCUT2D eigenvalue weighted by Gasteiger charge is 2.16. The van der Waals surface area contributed by atoms with Crippen LogP contribution < -0.4 is 19.5 Å². The van der Waals surface area contributed by atoms with Crippen molar-refractivity contribution in [3.05, 3.63) is 60.4 Å². The number of aromatic nitrogens is 2. The van der Waals surface area contributed by atoms with Gasteiger partial charge in [0, 0.05) is 23.6 Å². The summed E-state index contributed by atoms with van der Waals surface area (Å²) in [5, 5.41) is 3.75. The SMILES string of the molecule is COc1ccc(-n2ccnc2SCC(=O)NC(C)c2cc(OC)ccc2OC)cc1. The number of nitrogens with one attached hydrogen (secondary N) is 1. The third-order valence-corrected chi connectivity index (χ3v) is 5.54. The van der Waals surface area contributed by atoms with E-state index in [1.807, 2.05) is 60.2 Å². The highest BCUT2D eigenvalue weighted by molar-refractivity contribution is 7.99. The van der Waals surface area contributed by atoms with Gasteiger partial charge in [-0.2, -0.15) is 0 Å². The molecule has 1 aromatic heterocycles. The van der Waals surface area contributed by atoms with Gasteiger partial charge in [0.25, 0.3) is 0 Å². The lowest BCUT2D eigenvalue weighted by atomic mass is 10.1. The zero-order chi connectivity index (χ0) is 21.5. The van der Waals surface area contributed by atoms with E-state index in [-0.39, 0.29) is 17.7 Å². The monoisotopic (exact) mass is 427 g/mol. The molecule has 30 heavy (non-hydrogen) atoms. The van der Waals surface area contributed by atoms with Crippen molar-refractivity contribution in [3.63, 3.8) is 0 Å². The molecule has 158 valence electrons. The summed E-state index contributed by atoms with van der Waals surface area (Å²) in [6.45, 7) is 1.91. The van der Waals surface area contributed by atoms with E-state index in [1.165, 1.54) is 11.8 Å². The average Bonchev–Trinajstić information content (AvgIpc) is 3.25. The zero-order valence-electron chi connectivity index (χ0n) is 17.4. The Balaban J connectivity index is 1.64. The third kappa shape index (κ3) is 5.07. The summed E-state index contributed by atoms with van der Waals surface area (Å²) in [6, 6.07) is 13.0. The van der Waals surface area contributed by atoms with Crippen LogP contribution in [0.25, 0.3) is 5.69 Å². The number of hydrogen-bond acceptors (Lipinski definition) is 6. The summed E-state index contributed by atoms with van der Waals surface area (Å²) in [4.78, 5) is 16.9. The normalized spacial score (nSPS) is 11.6. The molecule has 1 unspecified atom stereocenters. The van der Waals surface area contributed by atoms with Gasteiger partial charge in [-0.05, 0) is 49.4 Å². The lowest BCUT2D eigenvalue weighted by Gasteiger charge is -2.18. The lowest BCUT2D eigenvalue weighted by molar-refractivity contribution is -0.119. The molecule has 1 amide bonds. The Labute approximate surface area is 180 Å². The number of ether oxygens (including phenoxy) is 3. The fourth-order valence-corrected chi connectivity index (χ4v) is 3.79. The quantitative estimate of drug-likeness (QED) is 0.523. The first-order chi connectivity index (χ1) is 14.5. The topological polar surface area (TPSA) is 74.6 Å². The summed E-state index contributed by atoms with van der Waals surface area (Å²) in [6.07, 6.45) is 3.58. The largest absolute Gasteiger partial charge is 0.497 e. The van der Waals surface area contributed by atoms with Gasteiger partial charge in [-0.15, -0.1) is 0 Å². The molecule has 0 aliphatic rings. The molecule has 0 fully saturated rings. The van der Waals surface area contributed by atoms with Crippen LogP contribution in [-0.4, -0.2) is 42.5 Å². The number of benzene rings is 2. The summed E-state index contributed by atoms with van der Waals surface area (Å²) in [5.41, 5.74) is 1.81. The Bertz CT molecular complexity index is 988. The van der Waals surface area contributed by atoms with E-state index in [0.29, 0.717) is 11.5 Å². The molecule has 2 aromatic carbocycles. The first-order valence-electron chi connectivity index (χ1n) is 9.37. The van der Waals surface area contributed by atoms with Crippen LogP contribution in [0.1, 0.15) is 18.5 Å². The molecule has 3 aromatic rings. The molecule has 1 heterocycles. The molecule has 0 bridgehead atoms. The summed E-state index contributed by atoms with van der Waals surface area (Å²) in [7, 11) is 4.85. The van der Waals surface area contributed by atoms with E-state index in [9.17, 15) is 4.79 Å². The lowest BCUT2D eigenvalue weighted by Crippen LogP contribution is -2.28. The minimum atomic E-state index is -0.232. The highest BCUT2D eigenvalue weighted by atomic mass is 32.2. The van der Waals surface area contributed by atoms with Crippen LogP contribution in [0.2, 0.25) is 0 Å². The first kappa shape index (κ1) is 21.6. The van der Waals surface area contributed by atoms with E-state index in [1.54, 1.807) is 27.5 Å². The second-order valence-corrected chi connectivity index (χ2v) is 7.41. The maximum atomic E-state index is 12.5. The molecule has 0 aliphatic carbocycles. The van der Waals surface area contributed by atoms with Crippen LogP contribution in [0.15, 0.2) is 60.0 Å². The van der Waals surface area contributed by atoms with Crippen LogP contribution in [0, 0.1) is 0 Å². The minimum Gasteiger partial charge on any atom is -0.497 e. The number of hydrogen-bond donors (Lipinski definition) is 1. The molecule has 1 atom stereocenters. The van der Waals surface area contributed by atoms with E-state index < -0.39 is 0 Å². The predicted molar refractivity (Wildman–Crippen MR) is 117 cm³/mol. The Hall–Kier alpha value is -3.13. The Morgan fingerprint density at radius 2 is 1.77 bits per heavy atom. The van der Waals surface area contributed by atoms with Crippen molar-refractivity contribution in [2.75, 3.05) is 27.1 Å². The number of thioether (sulfide) groups is 1. The van der Waals surface area contributed by atoms with Crippen LogP contribution in [0.3, 0.4) is 0 Å². The van der Waals surface area contributed by atoms with Gasteiger partial charge in [0.2, 0.25) is 5.91 Å². The van der Waals surface area contributed by atoms with Crippen molar-refractivity contribution in [2.45, 2.75) is 18.1 Å². The van der Waals surface area contributed by atoms with Crippen molar-refractivity contribution in [3.8, 4) is 22.9 Å². The number of methoxy groups -OCH3 is 3. The number of amides is 1. The van der Waals surface area contributed by atoms with Gasteiger partial charge in [0.05, 0.1) is 33.1 Å². The van der Waals surface area contributed by atoms with Gasteiger partial charge in [0.1, 0.15) is 17.2 Å². The fourth-order valence-electron chi connectivity index (χ4n) is 3.00. The Kier molecular flexibility index (Phi) is 7.24. The highest BCUT2D eigenvalue weighted by Crippen LogP contribution is 2.29. The van der Waals surface area contributed by atoms with E-state index in [4.69, 9.17) is 14.2 Å². The summed E-state index contributed by atoms with van der Waals surface area (Å²) in [5.74, 6) is 2.34. The maximum Gasteiger partial charge on any atom is 0.230 e. The van der Waals surface area contributed by atoms with Crippen LogP contribution in [0.5, 0.6) is 17.2 Å². The molecule has 0 aliphatic heterocycles. The molecule has 0 saturated heterocycles. The smallest absolute Gasteiger partial charge is 0.230 e. The average molecular weight is 428 g/mol. The minimum absolute atomic E-state index is 0.0957. The van der Waals surface area contributed by atoms with Crippen molar-refractivity contribution >= 4 is 17.7 Å². The van der Waals surface area contributed by atoms with Crippen molar-refractivity contribution < 1.29 is 19.0 Å². The molecular weight excluding hydrogens is 402 g/mol. The number of imidazole rings is 1. The van der Waals surface area contributed by atoms with Crippen LogP contribution >= 0.6 is 11.8 Å². The van der Waals surface area contributed by atoms with Crippen molar-refractivity contribution in [1.29, 1.82) is 0 Å². The van der Waals surface area contributed by atoms with Gasteiger partial charge >= 0.3 is 0 Å². The van der Waals surface area contributed by atoms with Gasteiger partial charge < -0.3 is 19.5 Å². The first-order valence-corrected chi connectivity index (χ1v) is 10.4. The van der Waals surface area contributed by atoms with Gasteiger partial charge in [-0.1, -0.05) is 11.8 Å². The summed E-state index contributed by atoms with van der Waals surface area (Å²) < 4.78 is 17.8. The molecule has 1 N–H and O–H groups in total. The van der Waals surface area contributed by atoms with Gasteiger partial charge in [-0.3, -0.25) is 9.36 Å². The Morgan fingerprint density at radius 1 is 1.07 bits per heavy atom. The number of nitrogens with zero attached hydrogens (tertiary/aromatic N) is 2. The maximum absolute atomic E-state index is 12.5. The number of carbonyl (C=O) groups excluding carboxylic acids is 1. The van der Waals surface area contributed by atoms with E-state index >= 15 is 0 Å². The molecule has 0 spiro atoms. The number of carbonyl (C=O) groups is 1. The predicted octanol–water partition coefficient (Wildman–Crippen LogP) is 3.87. The Morgan fingerprint density at radius 3 is 2.43 bits per heavy atom. The van der Waals surface area contributed by atoms with Crippen molar-refractivity contribution in [2.24, 2.45) is 0 Å². The third-order valence-electron chi connectivity index (χ3n) is 4.57. The summed E-state index contributed by atoms with van der Waals surface area (Å²) >= 11 is 1.37.